The topological polar surface area (TPSA) is 93.3 Å². The Morgan fingerprint density at radius 1 is 1.10 bits per heavy atom. The van der Waals surface area contributed by atoms with Crippen molar-refractivity contribution in [1.29, 1.82) is 0 Å². The summed E-state index contributed by atoms with van der Waals surface area (Å²) in [6.07, 6.45) is 9.23. The van der Waals surface area contributed by atoms with Crippen LogP contribution in [-0.4, -0.2) is 63.0 Å². The Bertz CT molecular complexity index is 1130. The predicted molar refractivity (Wildman–Crippen MR) is 115 cm³/mol. The summed E-state index contributed by atoms with van der Waals surface area (Å²) >= 11 is 0. The van der Waals surface area contributed by atoms with E-state index >= 15 is 0 Å². The standard InChI is InChI=1S/C21H26N6O3S/c1-24(13-18-12-23-27(14-18)19-8-4-2-5-9-19)21(28)16-25-15-20(22-17-25)31(29,30)26-10-6-3-7-11-26/h2,4-5,8-9,12,14-15,17H,3,6-7,10-11,13,16H2,1H3. The highest BCUT2D eigenvalue weighted by atomic mass is 32.2. The lowest BCUT2D eigenvalue weighted by atomic mass is 10.2. The highest BCUT2D eigenvalue weighted by Crippen LogP contribution is 2.19. The Balaban J connectivity index is 1.37. The normalized spacial score (nSPS) is 15.1. The minimum absolute atomic E-state index is 0.00556. The van der Waals surface area contributed by atoms with Gasteiger partial charge in [-0.2, -0.15) is 9.40 Å². The number of benzene rings is 1. The summed E-state index contributed by atoms with van der Waals surface area (Å²) in [7, 11) is -1.89. The van der Waals surface area contributed by atoms with Gasteiger partial charge in [-0.25, -0.2) is 18.1 Å². The molecule has 0 radical (unpaired) electrons. The number of carbonyl (C=O) groups excluding carboxylic acids is 1. The Hall–Kier alpha value is -2.98. The lowest BCUT2D eigenvalue weighted by Crippen LogP contribution is -2.35. The molecule has 3 heterocycles. The van der Waals surface area contributed by atoms with Crippen molar-refractivity contribution >= 4 is 15.9 Å². The molecule has 0 saturated carbocycles. The van der Waals surface area contributed by atoms with Crippen LogP contribution in [0.15, 0.2) is 60.3 Å². The van der Waals surface area contributed by atoms with Crippen molar-refractivity contribution in [2.45, 2.75) is 37.4 Å². The van der Waals surface area contributed by atoms with Gasteiger partial charge in [0.1, 0.15) is 6.54 Å². The van der Waals surface area contributed by atoms with E-state index in [4.69, 9.17) is 0 Å². The molecule has 0 N–H and O–H groups in total. The monoisotopic (exact) mass is 442 g/mol. The molecule has 1 aromatic carbocycles. The third-order valence-corrected chi connectivity index (χ3v) is 7.13. The summed E-state index contributed by atoms with van der Waals surface area (Å²) in [5, 5.41) is 4.34. The smallest absolute Gasteiger partial charge is 0.262 e. The fourth-order valence-electron chi connectivity index (χ4n) is 3.60. The van der Waals surface area contributed by atoms with Gasteiger partial charge in [-0.3, -0.25) is 4.79 Å². The summed E-state index contributed by atoms with van der Waals surface area (Å²) in [6, 6.07) is 9.74. The van der Waals surface area contributed by atoms with Crippen LogP contribution in [0.25, 0.3) is 5.69 Å². The molecule has 2 aromatic heterocycles. The van der Waals surface area contributed by atoms with Gasteiger partial charge in [0.15, 0.2) is 5.03 Å². The van der Waals surface area contributed by atoms with E-state index in [-0.39, 0.29) is 17.5 Å². The number of piperidine rings is 1. The fourth-order valence-corrected chi connectivity index (χ4v) is 5.05. The first kappa shape index (κ1) is 21.3. The molecule has 1 aliphatic rings. The molecule has 0 bridgehead atoms. The summed E-state index contributed by atoms with van der Waals surface area (Å²) < 4.78 is 30.2. The van der Waals surface area contributed by atoms with Crippen LogP contribution in [0.3, 0.4) is 0 Å². The van der Waals surface area contributed by atoms with Gasteiger partial charge in [-0.1, -0.05) is 24.6 Å². The van der Waals surface area contributed by atoms with Crippen LogP contribution in [0.5, 0.6) is 0 Å². The van der Waals surface area contributed by atoms with Gasteiger partial charge >= 0.3 is 0 Å². The third kappa shape index (κ3) is 4.86. The summed E-state index contributed by atoms with van der Waals surface area (Å²) in [5.41, 5.74) is 1.85. The van der Waals surface area contributed by atoms with E-state index < -0.39 is 10.0 Å². The number of nitrogens with zero attached hydrogens (tertiary/aromatic N) is 6. The van der Waals surface area contributed by atoms with Crippen molar-refractivity contribution in [3.63, 3.8) is 0 Å². The van der Waals surface area contributed by atoms with Crippen LogP contribution in [0, 0.1) is 0 Å². The molecule has 1 saturated heterocycles. The molecule has 31 heavy (non-hydrogen) atoms. The van der Waals surface area contributed by atoms with Gasteiger partial charge in [0.2, 0.25) is 5.91 Å². The molecule has 0 spiro atoms. The van der Waals surface area contributed by atoms with Crippen LogP contribution in [-0.2, 0) is 27.9 Å². The Kier molecular flexibility index (Phi) is 6.19. The zero-order valence-corrected chi connectivity index (χ0v) is 18.3. The van der Waals surface area contributed by atoms with Gasteiger partial charge in [-0.15, -0.1) is 0 Å². The molecule has 9 nitrogen and oxygen atoms in total. The number of likely N-dealkylation sites (N-methyl/N-ethyl adjacent to an activating group) is 1. The molecule has 3 aromatic rings. The quantitative estimate of drug-likeness (QED) is 0.557. The van der Waals surface area contributed by atoms with Crippen molar-refractivity contribution in [1.82, 2.24) is 28.5 Å². The summed E-state index contributed by atoms with van der Waals surface area (Å²) in [4.78, 5) is 18.3. The number of amides is 1. The van der Waals surface area contributed by atoms with Crippen LogP contribution in [0.4, 0.5) is 0 Å². The number of rotatable bonds is 7. The second kappa shape index (κ2) is 9.03. The van der Waals surface area contributed by atoms with Crippen molar-refractivity contribution < 1.29 is 13.2 Å². The van der Waals surface area contributed by atoms with Crippen LogP contribution in [0.2, 0.25) is 0 Å². The second-order valence-corrected chi connectivity index (χ2v) is 9.61. The molecule has 4 rings (SSSR count). The number of aromatic nitrogens is 4. The average Bonchev–Trinajstić information content (AvgIpc) is 3.45. The molecule has 0 aliphatic carbocycles. The first-order chi connectivity index (χ1) is 14.9. The largest absolute Gasteiger partial charge is 0.340 e. The summed E-state index contributed by atoms with van der Waals surface area (Å²) in [6.45, 7) is 1.46. The maximum Gasteiger partial charge on any atom is 0.262 e. The van der Waals surface area contributed by atoms with Crippen LogP contribution >= 0.6 is 0 Å². The first-order valence-corrected chi connectivity index (χ1v) is 11.7. The highest BCUT2D eigenvalue weighted by Gasteiger charge is 2.28. The van der Waals surface area contributed by atoms with E-state index in [0.29, 0.717) is 19.6 Å². The van der Waals surface area contributed by atoms with E-state index in [0.717, 1.165) is 30.5 Å². The molecule has 164 valence electrons. The van der Waals surface area contributed by atoms with Crippen molar-refractivity contribution in [2.75, 3.05) is 20.1 Å². The van der Waals surface area contributed by atoms with E-state index in [2.05, 4.69) is 10.1 Å². The predicted octanol–water partition coefficient (Wildman–Crippen LogP) is 1.90. The number of para-hydroxylation sites is 1. The van der Waals surface area contributed by atoms with Gasteiger partial charge < -0.3 is 9.47 Å². The number of carbonyl (C=O) groups is 1. The molecule has 1 amide bonds. The van der Waals surface area contributed by atoms with Gasteiger partial charge in [-0.05, 0) is 25.0 Å². The van der Waals surface area contributed by atoms with Gasteiger partial charge in [0, 0.05) is 44.6 Å². The highest BCUT2D eigenvalue weighted by molar-refractivity contribution is 7.89. The fraction of sp³-hybridized carbons (Fsp3) is 0.381. The Labute approximate surface area is 182 Å². The van der Waals surface area contributed by atoms with E-state index in [9.17, 15) is 13.2 Å². The molecular formula is C21H26N6O3S. The average molecular weight is 443 g/mol. The Morgan fingerprint density at radius 3 is 2.58 bits per heavy atom. The molecule has 0 unspecified atom stereocenters. The number of imidazole rings is 1. The zero-order valence-electron chi connectivity index (χ0n) is 17.5. The Morgan fingerprint density at radius 2 is 1.84 bits per heavy atom. The lowest BCUT2D eigenvalue weighted by Gasteiger charge is -2.24. The van der Waals surface area contributed by atoms with Gasteiger partial charge in [0.25, 0.3) is 10.0 Å². The minimum Gasteiger partial charge on any atom is -0.340 e. The lowest BCUT2D eigenvalue weighted by molar-refractivity contribution is -0.131. The summed E-state index contributed by atoms with van der Waals surface area (Å²) in [5.74, 6) is -0.146. The second-order valence-electron chi connectivity index (χ2n) is 7.73. The van der Waals surface area contributed by atoms with E-state index in [1.807, 2.05) is 36.5 Å². The van der Waals surface area contributed by atoms with Crippen LogP contribution in [0.1, 0.15) is 24.8 Å². The maximum absolute atomic E-state index is 12.7. The number of hydrogen-bond acceptors (Lipinski definition) is 5. The molecule has 0 atom stereocenters. The number of sulfonamides is 1. The van der Waals surface area contributed by atoms with Crippen molar-refractivity contribution in [3.8, 4) is 5.69 Å². The first-order valence-electron chi connectivity index (χ1n) is 10.3. The van der Waals surface area contributed by atoms with Crippen LogP contribution < -0.4 is 0 Å². The maximum atomic E-state index is 12.7. The third-order valence-electron chi connectivity index (χ3n) is 5.35. The van der Waals surface area contributed by atoms with Crippen molar-refractivity contribution in [3.05, 3.63) is 60.8 Å². The molecule has 1 aliphatic heterocycles. The zero-order chi connectivity index (χ0) is 21.8. The number of hydrogen-bond donors (Lipinski definition) is 0. The van der Waals surface area contributed by atoms with E-state index in [1.165, 1.54) is 21.4 Å². The minimum atomic E-state index is -3.60. The molecule has 10 heteroatoms. The van der Waals surface area contributed by atoms with Gasteiger partial charge in [0.05, 0.1) is 18.2 Å². The van der Waals surface area contributed by atoms with E-state index in [1.54, 1.807) is 22.8 Å². The van der Waals surface area contributed by atoms with Crippen molar-refractivity contribution in [2.24, 2.45) is 0 Å². The SMILES string of the molecule is CN(Cc1cnn(-c2ccccc2)c1)C(=O)Cn1cnc(S(=O)(=O)N2CCCCC2)c1. The molecule has 1 fully saturated rings. The molecular weight excluding hydrogens is 416 g/mol.